The number of hydrogen-bond donors (Lipinski definition) is 0. The van der Waals surface area contributed by atoms with Gasteiger partial charge in [0.1, 0.15) is 0 Å². The van der Waals surface area contributed by atoms with Crippen LogP contribution in [-0.4, -0.2) is 9.55 Å². The molecule has 1 atom stereocenters. The van der Waals surface area contributed by atoms with Crippen molar-refractivity contribution in [2.45, 2.75) is 31.6 Å². The van der Waals surface area contributed by atoms with Crippen molar-refractivity contribution in [2.75, 3.05) is 0 Å². The maximum Gasteiger partial charge on any atom is 0.0582 e. The van der Waals surface area contributed by atoms with E-state index in [2.05, 4.69) is 128 Å². The van der Waals surface area contributed by atoms with Gasteiger partial charge in [-0.2, -0.15) is 0 Å². The first kappa shape index (κ1) is 21.6. The molecular weight excluding hydrogens is 460 g/mol. The SMILES string of the molecule is CC1(C)c2ccccc2-n2c3ccc(C4=CC=CC(c5nccc6ccccc56)C4)cc3c3cccc1c32. The van der Waals surface area contributed by atoms with E-state index in [4.69, 9.17) is 4.98 Å². The molecule has 2 aromatic heterocycles. The van der Waals surface area contributed by atoms with Gasteiger partial charge in [-0.1, -0.05) is 98.8 Å². The van der Waals surface area contributed by atoms with Crippen LogP contribution in [0.3, 0.4) is 0 Å². The van der Waals surface area contributed by atoms with Crippen LogP contribution in [0.15, 0.2) is 115 Å². The maximum absolute atomic E-state index is 4.83. The Morgan fingerprint density at radius 2 is 1.61 bits per heavy atom. The summed E-state index contributed by atoms with van der Waals surface area (Å²) >= 11 is 0. The van der Waals surface area contributed by atoms with Gasteiger partial charge in [0.15, 0.2) is 0 Å². The number of rotatable bonds is 2. The molecule has 1 aliphatic carbocycles. The number of allylic oxidation sites excluding steroid dienone is 4. The lowest BCUT2D eigenvalue weighted by Gasteiger charge is -2.34. The van der Waals surface area contributed by atoms with Gasteiger partial charge >= 0.3 is 0 Å². The largest absolute Gasteiger partial charge is 0.309 e. The van der Waals surface area contributed by atoms with Crippen molar-refractivity contribution in [3.8, 4) is 5.69 Å². The van der Waals surface area contributed by atoms with Gasteiger partial charge in [-0.3, -0.25) is 4.98 Å². The van der Waals surface area contributed by atoms with Crippen LogP contribution in [-0.2, 0) is 5.41 Å². The number of para-hydroxylation sites is 2. The van der Waals surface area contributed by atoms with E-state index in [1.165, 1.54) is 60.5 Å². The molecule has 1 aliphatic heterocycles. The minimum absolute atomic E-state index is 0.0430. The quantitative estimate of drug-likeness (QED) is 0.238. The molecule has 0 radical (unpaired) electrons. The number of hydrogen-bond acceptors (Lipinski definition) is 1. The summed E-state index contributed by atoms with van der Waals surface area (Å²) in [6.45, 7) is 4.71. The molecule has 0 N–H and O–H groups in total. The summed E-state index contributed by atoms with van der Waals surface area (Å²) in [6.07, 6.45) is 9.69. The zero-order valence-corrected chi connectivity index (χ0v) is 21.6. The fourth-order valence-corrected chi connectivity index (χ4v) is 6.88. The molecule has 4 aromatic carbocycles. The predicted octanol–water partition coefficient (Wildman–Crippen LogP) is 9.10. The van der Waals surface area contributed by atoms with E-state index in [0.29, 0.717) is 0 Å². The second-order valence-electron chi connectivity index (χ2n) is 11.2. The zero-order valence-electron chi connectivity index (χ0n) is 21.6. The third-order valence-corrected chi connectivity index (χ3v) is 8.79. The van der Waals surface area contributed by atoms with Gasteiger partial charge in [0.25, 0.3) is 0 Å². The summed E-state index contributed by atoms with van der Waals surface area (Å²) in [4.78, 5) is 4.83. The van der Waals surface area contributed by atoms with Crippen LogP contribution in [0.4, 0.5) is 0 Å². The molecule has 8 rings (SSSR count). The highest BCUT2D eigenvalue weighted by Gasteiger charge is 2.34. The monoisotopic (exact) mass is 488 g/mol. The first-order valence-electron chi connectivity index (χ1n) is 13.5. The fraction of sp³-hybridized carbons (Fsp3) is 0.139. The number of pyridine rings is 1. The molecule has 182 valence electrons. The van der Waals surface area contributed by atoms with Crippen LogP contribution in [0.1, 0.15) is 48.6 Å². The van der Waals surface area contributed by atoms with E-state index in [9.17, 15) is 0 Å². The van der Waals surface area contributed by atoms with Gasteiger partial charge in [0.05, 0.1) is 22.4 Å². The highest BCUT2D eigenvalue weighted by atomic mass is 15.0. The Kier molecular flexibility index (Phi) is 4.43. The Morgan fingerprint density at radius 1 is 0.789 bits per heavy atom. The van der Waals surface area contributed by atoms with Crippen molar-refractivity contribution in [3.05, 3.63) is 138 Å². The molecule has 2 aliphatic rings. The van der Waals surface area contributed by atoms with E-state index >= 15 is 0 Å². The topological polar surface area (TPSA) is 17.8 Å². The molecule has 0 saturated heterocycles. The van der Waals surface area contributed by atoms with Crippen LogP contribution in [0.5, 0.6) is 0 Å². The smallest absolute Gasteiger partial charge is 0.0582 e. The van der Waals surface area contributed by atoms with Gasteiger partial charge in [0, 0.05) is 33.7 Å². The first-order chi connectivity index (χ1) is 18.6. The molecule has 6 aromatic rings. The number of nitrogens with zero attached hydrogens (tertiary/aromatic N) is 2. The number of aromatic nitrogens is 2. The molecule has 3 heterocycles. The second-order valence-corrected chi connectivity index (χ2v) is 11.2. The van der Waals surface area contributed by atoms with Gasteiger partial charge in [0.2, 0.25) is 0 Å². The van der Waals surface area contributed by atoms with Gasteiger partial charge in [-0.15, -0.1) is 0 Å². The van der Waals surface area contributed by atoms with Gasteiger partial charge < -0.3 is 4.57 Å². The summed E-state index contributed by atoms with van der Waals surface area (Å²) in [7, 11) is 0. The summed E-state index contributed by atoms with van der Waals surface area (Å²) in [5, 5.41) is 5.15. The van der Waals surface area contributed by atoms with Crippen LogP contribution in [0, 0.1) is 0 Å². The Bertz CT molecular complexity index is 1980. The molecule has 2 nitrogen and oxygen atoms in total. The first-order valence-corrected chi connectivity index (χ1v) is 13.5. The van der Waals surface area contributed by atoms with E-state index in [0.717, 1.165) is 12.1 Å². The van der Waals surface area contributed by atoms with E-state index in [-0.39, 0.29) is 11.3 Å². The third-order valence-electron chi connectivity index (χ3n) is 8.79. The van der Waals surface area contributed by atoms with Crippen molar-refractivity contribution in [1.29, 1.82) is 0 Å². The van der Waals surface area contributed by atoms with Crippen molar-refractivity contribution in [3.63, 3.8) is 0 Å². The summed E-state index contributed by atoms with van der Waals surface area (Å²) in [6, 6.07) is 33.5. The Morgan fingerprint density at radius 3 is 2.55 bits per heavy atom. The summed E-state index contributed by atoms with van der Waals surface area (Å²) in [5.74, 6) is 0.263. The second kappa shape index (κ2) is 7.79. The highest BCUT2D eigenvalue weighted by molar-refractivity contribution is 6.12. The van der Waals surface area contributed by atoms with Crippen LogP contribution in [0.2, 0.25) is 0 Å². The molecule has 0 spiro atoms. The lowest BCUT2D eigenvalue weighted by molar-refractivity contribution is 0.630. The molecule has 0 fully saturated rings. The average molecular weight is 489 g/mol. The molecular formula is C36H28N2. The lowest BCUT2D eigenvalue weighted by atomic mass is 9.75. The van der Waals surface area contributed by atoms with Crippen LogP contribution >= 0.6 is 0 Å². The van der Waals surface area contributed by atoms with Crippen molar-refractivity contribution < 1.29 is 0 Å². The Hall–Kier alpha value is -4.43. The minimum Gasteiger partial charge on any atom is -0.309 e. The third kappa shape index (κ3) is 2.92. The maximum atomic E-state index is 4.83. The average Bonchev–Trinajstić information content (AvgIpc) is 3.30. The molecule has 0 amide bonds. The predicted molar refractivity (Wildman–Crippen MR) is 159 cm³/mol. The molecule has 38 heavy (non-hydrogen) atoms. The standard InChI is InChI=1S/C36H28N2/c1-36(2)30-14-5-6-16-33(30)38-32-18-17-25(22-29(32)28-13-8-15-31(36)35(28)38)24-10-7-11-26(21-24)34-27-12-4-3-9-23(27)19-20-37-34/h3-20,22,26H,21H2,1-2H3. The summed E-state index contributed by atoms with van der Waals surface area (Å²) < 4.78 is 2.49. The van der Waals surface area contributed by atoms with Crippen LogP contribution in [0.25, 0.3) is 43.8 Å². The van der Waals surface area contributed by atoms with E-state index < -0.39 is 0 Å². The molecule has 0 bridgehead atoms. The minimum atomic E-state index is -0.0430. The van der Waals surface area contributed by atoms with E-state index in [1.54, 1.807) is 0 Å². The fourth-order valence-electron chi connectivity index (χ4n) is 6.88. The van der Waals surface area contributed by atoms with Gasteiger partial charge in [-0.25, -0.2) is 0 Å². The van der Waals surface area contributed by atoms with Crippen LogP contribution < -0.4 is 0 Å². The zero-order chi connectivity index (χ0) is 25.4. The van der Waals surface area contributed by atoms with Crippen molar-refractivity contribution in [1.82, 2.24) is 9.55 Å². The normalized spacial score (nSPS) is 17.6. The lowest BCUT2D eigenvalue weighted by Crippen LogP contribution is -2.26. The molecule has 0 saturated carbocycles. The molecule has 2 heteroatoms. The van der Waals surface area contributed by atoms with Crippen molar-refractivity contribution >= 4 is 38.2 Å². The van der Waals surface area contributed by atoms with E-state index in [1.807, 2.05) is 6.20 Å². The Balaban J connectivity index is 1.28. The number of benzene rings is 4. The summed E-state index contributed by atoms with van der Waals surface area (Å²) in [5.41, 5.74) is 10.5. The molecule has 1 unspecified atom stereocenters. The van der Waals surface area contributed by atoms with Gasteiger partial charge in [-0.05, 0) is 58.3 Å². The Labute approximate surface area is 222 Å². The number of fused-ring (bicyclic) bond motifs is 6. The van der Waals surface area contributed by atoms with Crippen molar-refractivity contribution in [2.24, 2.45) is 0 Å². The highest BCUT2D eigenvalue weighted by Crippen LogP contribution is 2.48.